The van der Waals surface area contributed by atoms with E-state index in [1.54, 1.807) is 0 Å². The van der Waals surface area contributed by atoms with E-state index in [4.69, 9.17) is 11.6 Å². The lowest BCUT2D eigenvalue weighted by atomic mass is 9.92. The van der Waals surface area contributed by atoms with E-state index in [0.717, 1.165) is 25.5 Å². The number of sulfone groups is 1. The van der Waals surface area contributed by atoms with Crippen molar-refractivity contribution >= 4 is 27.3 Å². The number of benzene rings is 1. The lowest BCUT2D eigenvalue weighted by Gasteiger charge is -2.28. The van der Waals surface area contributed by atoms with Gasteiger partial charge in [-0.15, -0.1) is 0 Å². The van der Waals surface area contributed by atoms with Gasteiger partial charge in [0.05, 0.1) is 22.1 Å². The maximum atomic E-state index is 12.2. The van der Waals surface area contributed by atoms with Crippen molar-refractivity contribution in [2.45, 2.75) is 42.7 Å². The molecule has 1 aliphatic carbocycles. The van der Waals surface area contributed by atoms with Crippen LogP contribution in [0.2, 0.25) is 5.02 Å². The second-order valence-corrected chi connectivity index (χ2v) is 7.74. The summed E-state index contributed by atoms with van der Waals surface area (Å²) in [6.45, 7) is 0. The molecular formula is C14H18ClNO4S. The minimum Gasteiger partial charge on any atom is -0.391 e. The number of carbonyl (C=O) groups excluding carboxylic acids is 1. The molecule has 1 saturated carbocycles. The molecule has 7 heteroatoms. The normalized spacial score (nSPS) is 22.8. The van der Waals surface area contributed by atoms with Gasteiger partial charge in [0, 0.05) is 11.8 Å². The Morgan fingerprint density at radius 2 is 2.00 bits per heavy atom. The van der Waals surface area contributed by atoms with Crippen LogP contribution in [0, 0.1) is 0 Å². The highest BCUT2D eigenvalue weighted by Crippen LogP contribution is 2.23. The van der Waals surface area contributed by atoms with Crippen LogP contribution in [0.5, 0.6) is 0 Å². The van der Waals surface area contributed by atoms with E-state index in [1.807, 2.05) is 0 Å². The molecule has 1 aromatic rings. The molecule has 116 valence electrons. The van der Waals surface area contributed by atoms with Gasteiger partial charge in [-0.2, -0.15) is 0 Å². The molecule has 0 radical (unpaired) electrons. The lowest BCUT2D eigenvalue weighted by molar-refractivity contribution is 0.0717. The number of carbonyl (C=O) groups is 1. The Morgan fingerprint density at radius 1 is 1.33 bits per heavy atom. The highest BCUT2D eigenvalue weighted by atomic mass is 35.5. The summed E-state index contributed by atoms with van der Waals surface area (Å²) >= 11 is 5.85. The first-order valence-electron chi connectivity index (χ1n) is 6.77. The molecule has 1 fully saturated rings. The first-order valence-corrected chi connectivity index (χ1v) is 9.04. The van der Waals surface area contributed by atoms with E-state index in [0.29, 0.717) is 6.42 Å². The van der Waals surface area contributed by atoms with Crippen LogP contribution in [-0.2, 0) is 9.84 Å². The van der Waals surface area contributed by atoms with E-state index in [1.165, 1.54) is 18.2 Å². The number of hydrogen-bond donors (Lipinski definition) is 2. The molecule has 0 heterocycles. The number of nitrogens with one attached hydrogen (secondary N) is 1. The van der Waals surface area contributed by atoms with Crippen LogP contribution in [0.25, 0.3) is 0 Å². The van der Waals surface area contributed by atoms with Crippen molar-refractivity contribution in [3.8, 4) is 0 Å². The summed E-state index contributed by atoms with van der Waals surface area (Å²) < 4.78 is 23.2. The average molecular weight is 332 g/mol. The van der Waals surface area contributed by atoms with E-state index in [9.17, 15) is 18.3 Å². The largest absolute Gasteiger partial charge is 0.391 e. The molecule has 5 nitrogen and oxygen atoms in total. The SMILES string of the molecule is CS(=O)(=O)c1cc(C(=O)N[C@H]2CCCC[C@@H]2O)ccc1Cl. The Bertz CT molecular complexity index is 644. The van der Waals surface area contributed by atoms with Crippen molar-refractivity contribution < 1.29 is 18.3 Å². The molecule has 0 aliphatic heterocycles. The third-order valence-electron chi connectivity index (χ3n) is 3.64. The predicted molar refractivity (Wildman–Crippen MR) is 80.3 cm³/mol. The third-order valence-corrected chi connectivity index (χ3v) is 5.22. The smallest absolute Gasteiger partial charge is 0.251 e. The van der Waals surface area contributed by atoms with Crippen LogP contribution in [-0.4, -0.2) is 37.8 Å². The van der Waals surface area contributed by atoms with Gasteiger partial charge in [0.25, 0.3) is 5.91 Å². The number of aliphatic hydroxyl groups excluding tert-OH is 1. The van der Waals surface area contributed by atoms with Crippen LogP contribution in [0.4, 0.5) is 0 Å². The third kappa shape index (κ3) is 3.96. The summed E-state index contributed by atoms with van der Waals surface area (Å²) in [6, 6.07) is 3.84. The Labute approximate surface area is 129 Å². The Morgan fingerprint density at radius 3 is 2.62 bits per heavy atom. The summed E-state index contributed by atoms with van der Waals surface area (Å²) in [6.07, 6.45) is 3.79. The van der Waals surface area contributed by atoms with E-state index < -0.39 is 21.8 Å². The molecule has 0 unspecified atom stereocenters. The van der Waals surface area contributed by atoms with Gasteiger partial charge in [-0.3, -0.25) is 4.79 Å². The summed E-state index contributed by atoms with van der Waals surface area (Å²) in [5.74, 6) is -0.400. The van der Waals surface area contributed by atoms with Gasteiger partial charge in [-0.1, -0.05) is 24.4 Å². The van der Waals surface area contributed by atoms with E-state index in [2.05, 4.69) is 5.32 Å². The first kappa shape index (κ1) is 16.3. The van der Waals surface area contributed by atoms with Crippen molar-refractivity contribution in [1.29, 1.82) is 0 Å². The van der Waals surface area contributed by atoms with Crippen molar-refractivity contribution in [3.05, 3.63) is 28.8 Å². The standard InChI is InChI=1S/C14H18ClNO4S/c1-21(19,20)13-8-9(6-7-10(13)15)14(18)16-11-4-2-3-5-12(11)17/h6-8,11-12,17H,2-5H2,1H3,(H,16,18)/t11-,12-/m0/s1. The van der Waals surface area contributed by atoms with Crippen molar-refractivity contribution in [3.63, 3.8) is 0 Å². The minimum absolute atomic E-state index is 0.0685. The number of hydrogen-bond acceptors (Lipinski definition) is 4. The zero-order chi connectivity index (χ0) is 15.6. The molecule has 1 aromatic carbocycles. The van der Waals surface area contributed by atoms with Gasteiger partial charge in [0.2, 0.25) is 0 Å². The van der Waals surface area contributed by atoms with Gasteiger partial charge < -0.3 is 10.4 Å². The molecule has 2 atom stereocenters. The summed E-state index contributed by atoms with van der Waals surface area (Å²) in [5, 5.41) is 12.7. The van der Waals surface area contributed by atoms with Crippen LogP contribution in [0.15, 0.2) is 23.1 Å². The van der Waals surface area contributed by atoms with Crippen molar-refractivity contribution in [1.82, 2.24) is 5.32 Å². The van der Waals surface area contributed by atoms with Crippen LogP contribution < -0.4 is 5.32 Å². The van der Waals surface area contributed by atoms with Gasteiger partial charge in [-0.05, 0) is 31.0 Å². The molecule has 0 bridgehead atoms. The topological polar surface area (TPSA) is 83.5 Å². The Balaban J connectivity index is 2.20. The zero-order valence-corrected chi connectivity index (χ0v) is 13.2. The van der Waals surface area contributed by atoms with E-state index in [-0.39, 0.29) is 21.5 Å². The van der Waals surface area contributed by atoms with Crippen LogP contribution >= 0.6 is 11.6 Å². The Hall–Kier alpha value is -1.11. The molecule has 21 heavy (non-hydrogen) atoms. The molecule has 0 aromatic heterocycles. The molecule has 1 aliphatic rings. The summed E-state index contributed by atoms with van der Waals surface area (Å²) in [7, 11) is -3.49. The molecule has 2 N–H and O–H groups in total. The average Bonchev–Trinajstić information content (AvgIpc) is 2.40. The maximum Gasteiger partial charge on any atom is 0.251 e. The minimum atomic E-state index is -3.49. The second kappa shape index (κ2) is 6.34. The molecule has 2 rings (SSSR count). The number of rotatable bonds is 3. The van der Waals surface area contributed by atoms with Gasteiger partial charge in [0.1, 0.15) is 0 Å². The fourth-order valence-electron chi connectivity index (χ4n) is 2.46. The zero-order valence-electron chi connectivity index (χ0n) is 11.7. The lowest BCUT2D eigenvalue weighted by Crippen LogP contribution is -2.45. The molecule has 1 amide bonds. The van der Waals surface area contributed by atoms with Crippen LogP contribution in [0.3, 0.4) is 0 Å². The molecule has 0 saturated heterocycles. The first-order chi connectivity index (χ1) is 9.79. The van der Waals surface area contributed by atoms with Crippen molar-refractivity contribution in [2.24, 2.45) is 0 Å². The number of halogens is 1. The number of aliphatic hydroxyl groups is 1. The fourth-order valence-corrected chi connectivity index (χ4v) is 3.76. The highest BCUT2D eigenvalue weighted by Gasteiger charge is 2.25. The maximum absolute atomic E-state index is 12.2. The molecule has 0 spiro atoms. The fraction of sp³-hybridized carbons (Fsp3) is 0.500. The summed E-state index contributed by atoms with van der Waals surface area (Å²) in [5.41, 5.74) is 0.220. The van der Waals surface area contributed by atoms with Gasteiger partial charge in [0.15, 0.2) is 9.84 Å². The van der Waals surface area contributed by atoms with E-state index >= 15 is 0 Å². The number of amides is 1. The second-order valence-electron chi connectivity index (χ2n) is 5.35. The van der Waals surface area contributed by atoms with Gasteiger partial charge in [-0.25, -0.2) is 8.42 Å². The summed E-state index contributed by atoms with van der Waals surface area (Å²) in [4.78, 5) is 12.1. The highest BCUT2D eigenvalue weighted by molar-refractivity contribution is 7.90. The Kier molecular flexibility index (Phi) is 4.91. The molecular weight excluding hydrogens is 314 g/mol. The van der Waals surface area contributed by atoms with Crippen LogP contribution in [0.1, 0.15) is 36.0 Å². The predicted octanol–water partition coefficient (Wildman–Crippen LogP) is 1.78. The monoisotopic (exact) mass is 331 g/mol. The van der Waals surface area contributed by atoms with Crippen molar-refractivity contribution in [2.75, 3.05) is 6.26 Å². The van der Waals surface area contributed by atoms with Gasteiger partial charge >= 0.3 is 0 Å². The quantitative estimate of drug-likeness (QED) is 0.884.